The molecule has 0 aromatic heterocycles. The summed E-state index contributed by atoms with van der Waals surface area (Å²) in [7, 11) is 0. The first kappa shape index (κ1) is 16.1. The molecule has 0 saturated heterocycles. The predicted octanol–water partition coefficient (Wildman–Crippen LogP) is 2.13. The number of nitrogens with one attached hydrogen (secondary N) is 2. The number of rotatable bonds is 5. The number of amides is 2. The molecule has 0 unspecified atom stereocenters. The summed E-state index contributed by atoms with van der Waals surface area (Å²) in [5.41, 5.74) is 0.319. The second-order valence-electron chi connectivity index (χ2n) is 3.40. The Morgan fingerprint density at radius 2 is 1.63 bits per heavy atom. The van der Waals surface area contributed by atoms with Crippen LogP contribution in [-0.2, 0) is 9.59 Å². The zero-order valence-electron chi connectivity index (χ0n) is 9.57. The van der Waals surface area contributed by atoms with Gasteiger partial charge in [0.25, 0.3) is 0 Å². The minimum atomic E-state index is -1.17. The number of carboxylic acids is 1. The van der Waals surface area contributed by atoms with Gasteiger partial charge in [0.05, 0.1) is 25.8 Å². The number of anilines is 2. The molecule has 0 heterocycles. The number of hydrogen-bond acceptors (Lipinski definition) is 3. The van der Waals surface area contributed by atoms with Crippen molar-refractivity contribution in [3.05, 3.63) is 23.8 Å². The smallest absolute Gasteiger partial charge is 0.337 e. The van der Waals surface area contributed by atoms with Crippen LogP contribution in [0.15, 0.2) is 18.2 Å². The Balaban J connectivity index is 3.21. The fourth-order valence-corrected chi connectivity index (χ4v) is 1.71. The van der Waals surface area contributed by atoms with Gasteiger partial charge in [-0.25, -0.2) is 4.79 Å². The first-order valence-corrected chi connectivity index (χ1v) is 8.12. The molecule has 0 atom stereocenters. The van der Waals surface area contributed by atoms with Crippen molar-refractivity contribution in [2.24, 2.45) is 0 Å². The molecule has 0 spiro atoms. The number of carbonyl (C=O) groups is 3. The second kappa shape index (κ2) is 7.62. The highest BCUT2D eigenvalue weighted by Gasteiger charge is 2.17. The monoisotopic (exact) mass is 488 g/mol. The van der Waals surface area contributed by atoms with Crippen LogP contribution in [0.5, 0.6) is 0 Å². The van der Waals surface area contributed by atoms with Gasteiger partial charge < -0.3 is 15.7 Å². The summed E-state index contributed by atoms with van der Waals surface area (Å²) in [6.07, 6.45) is 0. The third-order valence-corrected chi connectivity index (χ3v) is 3.46. The summed E-state index contributed by atoms with van der Waals surface area (Å²) >= 11 is 3.76. The van der Waals surface area contributed by atoms with E-state index in [1.54, 1.807) is 6.07 Å². The van der Waals surface area contributed by atoms with Gasteiger partial charge in [-0.2, -0.15) is 0 Å². The minimum absolute atomic E-state index is 0.0653. The van der Waals surface area contributed by atoms with Crippen molar-refractivity contribution < 1.29 is 19.5 Å². The molecule has 1 rings (SSSR count). The Hall–Kier alpha value is -0.910. The summed E-state index contributed by atoms with van der Waals surface area (Å²) < 4.78 is 0.417. The molecular formula is C11H10I2N2O4. The maximum atomic E-state index is 11.4. The van der Waals surface area contributed by atoms with Gasteiger partial charge in [0.15, 0.2) is 0 Å². The van der Waals surface area contributed by atoms with Crippen molar-refractivity contribution in [2.75, 3.05) is 19.5 Å². The average Bonchev–Trinajstić information content (AvgIpc) is 2.39. The molecule has 3 N–H and O–H groups in total. The van der Waals surface area contributed by atoms with Crippen molar-refractivity contribution in [2.45, 2.75) is 0 Å². The maximum Gasteiger partial charge on any atom is 0.337 e. The topological polar surface area (TPSA) is 95.5 Å². The number of carboxylic acid groups (broad SMARTS) is 1. The molecule has 8 heteroatoms. The molecular weight excluding hydrogens is 478 g/mol. The quantitative estimate of drug-likeness (QED) is 0.438. The van der Waals surface area contributed by atoms with E-state index in [0.717, 1.165) is 0 Å². The first-order valence-electron chi connectivity index (χ1n) is 5.07. The Bertz CT molecular complexity index is 519. The third-order valence-electron chi connectivity index (χ3n) is 2.08. The maximum absolute atomic E-state index is 11.4. The van der Waals surface area contributed by atoms with E-state index >= 15 is 0 Å². The first-order chi connectivity index (χ1) is 8.99. The normalized spacial score (nSPS) is 9.79. The molecule has 0 aliphatic carbocycles. The number of benzene rings is 1. The van der Waals surface area contributed by atoms with E-state index in [9.17, 15) is 14.4 Å². The van der Waals surface area contributed by atoms with Gasteiger partial charge in [-0.3, -0.25) is 9.59 Å². The summed E-state index contributed by atoms with van der Waals surface area (Å²) in [4.78, 5) is 34.0. The lowest BCUT2D eigenvalue weighted by Gasteiger charge is -2.13. The van der Waals surface area contributed by atoms with Gasteiger partial charge in [0, 0.05) is 0 Å². The zero-order valence-corrected chi connectivity index (χ0v) is 13.9. The molecule has 0 fully saturated rings. The highest BCUT2D eigenvalue weighted by molar-refractivity contribution is 14.1. The van der Waals surface area contributed by atoms with Crippen LogP contribution in [0.4, 0.5) is 11.4 Å². The zero-order chi connectivity index (χ0) is 14.4. The Morgan fingerprint density at radius 1 is 1.05 bits per heavy atom. The van der Waals surface area contributed by atoms with Crippen LogP contribution in [0.1, 0.15) is 10.4 Å². The Kier molecular flexibility index (Phi) is 6.48. The van der Waals surface area contributed by atoms with Crippen molar-refractivity contribution >= 4 is 74.3 Å². The van der Waals surface area contributed by atoms with Gasteiger partial charge in [-0.15, -0.1) is 0 Å². The van der Waals surface area contributed by atoms with Crippen LogP contribution in [-0.4, -0.2) is 31.7 Å². The SMILES string of the molecule is O=C(CI)Nc1cccc(C(=O)O)c1NC(=O)CI. The molecule has 1 aromatic carbocycles. The van der Waals surface area contributed by atoms with E-state index in [1.807, 2.05) is 45.2 Å². The number of aromatic carboxylic acids is 1. The van der Waals surface area contributed by atoms with E-state index in [-0.39, 0.29) is 37.6 Å². The molecule has 102 valence electrons. The van der Waals surface area contributed by atoms with Crippen LogP contribution in [0, 0.1) is 0 Å². The molecule has 0 aliphatic rings. The minimum Gasteiger partial charge on any atom is -0.478 e. The van der Waals surface area contributed by atoms with E-state index in [4.69, 9.17) is 5.11 Å². The number of halogens is 2. The van der Waals surface area contributed by atoms with Crippen LogP contribution in [0.3, 0.4) is 0 Å². The van der Waals surface area contributed by atoms with Gasteiger partial charge >= 0.3 is 5.97 Å². The van der Waals surface area contributed by atoms with Crippen molar-refractivity contribution in [3.8, 4) is 0 Å². The fraction of sp³-hybridized carbons (Fsp3) is 0.182. The average molecular weight is 488 g/mol. The van der Waals surface area contributed by atoms with Crippen molar-refractivity contribution in [1.29, 1.82) is 0 Å². The summed E-state index contributed by atoms with van der Waals surface area (Å²) in [6.45, 7) is 0. The lowest BCUT2D eigenvalue weighted by Crippen LogP contribution is -2.19. The lowest BCUT2D eigenvalue weighted by molar-refractivity contribution is -0.114. The van der Waals surface area contributed by atoms with Crippen LogP contribution < -0.4 is 10.6 Å². The second-order valence-corrected chi connectivity index (χ2v) is 4.92. The Labute approximate surface area is 136 Å². The van der Waals surface area contributed by atoms with Crippen LogP contribution in [0.25, 0.3) is 0 Å². The van der Waals surface area contributed by atoms with E-state index in [1.165, 1.54) is 12.1 Å². The highest BCUT2D eigenvalue weighted by atomic mass is 127. The molecule has 0 aliphatic heterocycles. The third kappa shape index (κ3) is 4.60. The molecule has 1 aromatic rings. The van der Waals surface area contributed by atoms with E-state index in [2.05, 4.69) is 10.6 Å². The highest BCUT2D eigenvalue weighted by Crippen LogP contribution is 2.26. The van der Waals surface area contributed by atoms with E-state index < -0.39 is 5.97 Å². The van der Waals surface area contributed by atoms with Gasteiger partial charge in [-0.05, 0) is 12.1 Å². The lowest BCUT2D eigenvalue weighted by atomic mass is 10.1. The predicted molar refractivity (Wildman–Crippen MR) is 88.4 cm³/mol. The number of carbonyl (C=O) groups excluding carboxylic acids is 2. The van der Waals surface area contributed by atoms with Crippen molar-refractivity contribution in [3.63, 3.8) is 0 Å². The number of alkyl halides is 2. The fourth-order valence-electron chi connectivity index (χ4n) is 1.33. The summed E-state index contributed by atoms with van der Waals surface area (Å²) in [6, 6.07) is 4.41. The van der Waals surface area contributed by atoms with Gasteiger partial charge in [0.2, 0.25) is 11.8 Å². The molecule has 19 heavy (non-hydrogen) atoms. The van der Waals surface area contributed by atoms with Crippen LogP contribution >= 0.6 is 45.2 Å². The largest absolute Gasteiger partial charge is 0.478 e. The molecule has 6 nitrogen and oxygen atoms in total. The van der Waals surface area contributed by atoms with E-state index in [0.29, 0.717) is 0 Å². The summed E-state index contributed by atoms with van der Waals surface area (Å²) in [5.74, 6) is -1.78. The number of hydrogen-bond donors (Lipinski definition) is 3. The molecule has 0 radical (unpaired) electrons. The number of para-hydroxylation sites is 1. The standard InChI is InChI=1S/C11H10I2N2O4/c12-4-8(16)14-7-3-1-2-6(11(18)19)10(7)15-9(17)5-13/h1-3H,4-5H2,(H,14,16)(H,15,17)(H,18,19). The Morgan fingerprint density at radius 3 is 2.16 bits per heavy atom. The molecule has 0 bridgehead atoms. The molecule has 0 saturated carbocycles. The summed E-state index contributed by atoms with van der Waals surface area (Å²) in [5, 5.41) is 14.2. The van der Waals surface area contributed by atoms with Crippen molar-refractivity contribution in [1.82, 2.24) is 0 Å². The van der Waals surface area contributed by atoms with Crippen LogP contribution in [0.2, 0.25) is 0 Å². The van der Waals surface area contributed by atoms with Gasteiger partial charge in [0.1, 0.15) is 0 Å². The van der Waals surface area contributed by atoms with Gasteiger partial charge in [-0.1, -0.05) is 51.2 Å². The molecule has 2 amide bonds.